The van der Waals surface area contributed by atoms with Gasteiger partial charge in [-0.3, -0.25) is 14.6 Å². The molecule has 0 saturated heterocycles. The number of rotatable bonds is 13. The summed E-state index contributed by atoms with van der Waals surface area (Å²) in [4.78, 5) is 15.3. The Hall–Kier alpha value is -0.570. The monoisotopic (exact) mass is 278 g/mol. The van der Waals surface area contributed by atoms with E-state index in [1.807, 2.05) is 4.90 Å². The molecular weight excluding hydrogens is 252 g/mol. The second-order valence-corrected chi connectivity index (χ2v) is 4.30. The Morgan fingerprint density at radius 2 is 1.11 bits per heavy atom. The summed E-state index contributed by atoms with van der Waals surface area (Å²) in [5, 5.41) is 35.4. The number of ketones is 1. The Bertz CT molecular complexity index is 216. The molecule has 0 unspecified atom stereocenters. The molecule has 0 aromatic carbocycles. The SMILES string of the molecule is O=C(CCN(CCO)CCO)CN(CCO)CCO. The number of nitrogens with zero attached hydrogens (tertiary/aromatic N) is 2. The van der Waals surface area contributed by atoms with Crippen LogP contribution in [0.25, 0.3) is 0 Å². The van der Waals surface area contributed by atoms with Crippen molar-refractivity contribution in [2.75, 3.05) is 65.7 Å². The van der Waals surface area contributed by atoms with E-state index in [-0.39, 0.29) is 38.8 Å². The van der Waals surface area contributed by atoms with Crippen LogP contribution in [-0.4, -0.2) is 102 Å². The summed E-state index contributed by atoms with van der Waals surface area (Å²) in [5.74, 6) is 0.0165. The highest BCUT2D eigenvalue weighted by molar-refractivity contribution is 5.80. The van der Waals surface area contributed by atoms with Gasteiger partial charge in [0, 0.05) is 39.1 Å². The average Bonchev–Trinajstić information content (AvgIpc) is 2.37. The van der Waals surface area contributed by atoms with Gasteiger partial charge in [0.05, 0.1) is 33.0 Å². The van der Waals surface area contributed by atoms with Crippen molar-refractivity contribution in [2.24, 2.45) is 0 Å². The summed E-state index contributed by atoms with van der Waals surface area (Å²) < 4.78 is 0. The van der Waals surface area contributed by atoms with Crippen molar-refractivity contribution >= 4 is 5.78 Å². The minimum atomic E-state index is -0.0472. The maximum Gasteiger partial charge on any atom is 0.148 e. The highest BCUT2D eigenvalue weighted by Crippen LogP contribution is 1.96. The lowest BCUT2D eigenvalue weighted by atomic mass is 10.2. The molecule has 0 aromatic rings. The highest BCUT2D eigenvalue weighted by atomic mass is 16.3. The van der Waals surface area contributed by atoms with Gasteiger partial charge in [0.15, 0.2) is 0 Å². The predicted octanol–water partition coefficient (Wildman–Crippen LogP) is -2.48. The third-order valence-electron chi connectivity index (χ3n) is 2.77. The van der Waals surface area contributed by atoms with Crippen molar-refractivity contribution in [1.29, 1.82) is 0 Å². The molecule has 0 atom stereocenters. The summed E-state index contributed by atoms with van der Waals surface area (Å²) in [7, 11) is 0. The van der Waals surface area contributed by atoms with E-state index in [4.69, 9.17) is 20.4 Å². The number of Topliss-reactive ketones (excluding diaryl/α,β-unsaturated/α-hetero) is 1. The summed E-state index contributed by atoms with van der Waals surface area (Å²) in [5.41, 5.74) is 0. The van der Waals surface area contributed by atoms with Gasteiger partial charge in [0.25, 0.3) is 0 Å². The van der Waals surface area contributed by atoms with Crippen molar-refractivity contribution in [1.82, 2.24) is 9.80 Å². The standard InChI is InChI=1S/C12H26N2O5/c15-7-3-13(4-8-16)2-1-12(19)11-14(5-9-17)6-10-18/h15-18H,1-11H2. The van der Waals surface area contributed by atoms with Gasteiger partial charge in [-0.05, 0) is 0 Å². The Labute approximate surface area is 114 Å². The molecule has 0 rings (SSSR count). The van der Waals surface area contributed by atoms with Crippen molar-refractivity contribution in [2.45, 2.75) is 6.42 Å². The van der Waals surface area contributed by atoms with Crippen molar-refractivity contribution in [3.8, 4) is 0 Å². The van der Waals surface area contributed by atoms with E-state index >= 15 is 0 Å². The Morgan fingerprint density at radius 1 is 0.684 bits per heavy atom. The Morgan fingerprint density at radius 3 is 1.53 bits per heavy atom. The molecule has 19 heavy (non-hydrogen) atoms. The lowest BCUT2D eigenvalue weighted by molar-refractivity contribution is -0.120. The minimum absolute atomic E-state index is 0.00462. The van der Waals surface area contributed by atoms with Crippen molar-refractivity contribution in [3.05, 3.63) is 0 Å². The molecule has 0 aliphatic heterocycles. The Kier molecular flexibility index (Phi) is 12.1. The van der Waals surface area contributed by atoms with Gasteiger partial charge in [0.2, 0.25) is 0 Å². The molecule has 0 heterocycles. The van der Waals surface area contributed by atoms with Gasteiger partial charge in [-0.2, -0.15) is 0 Å². The third kappa shape index (κ3) is 9.94. The lowest BCUT2D eigenvalue weighted by Gasteiger charge is -2.22. The maximum absolute atomic E-state index is 11.8. The van der Waals surface area contributed by atoms with Gasteiger partial charge in [-0.1, -0.05) is 0 Å². The van der Waals surface area contributed by atoms with Crippen molar-refractivity contribution in [3.63, 3.8) is 0 Å². The van der Waals surface area contributed by atoms with Gasteiger partial charge in [-0.15, -0.1) is 0 Å². The van der Waals surface area contributed by atoms with Crippen LogP contribution in [0.5, 0.6) is 0 Å². The van der Waals surface area contributed by atoms with E-state index < -0.39 is 0 Å². The van der Waals surface area contributed by atoms with Crippen molar-refractivity contribution < 1.29 is 25.2 Å². The molecule has 0 aliphatic carbocycles. The second kappa shape index (κ2) is 12.5. The van der Waals surface area contributed by atoms with Crippen LogP contribution in [0.1, 0.15) is 6.42 Å². The third-order valence-corrected chi connectivity index (χ3v) is 2.77. The fourth-order valence-corrected chi connectivity index (χ4v) is 1.78. The van der Waals surface area contributed by atoms with Crippen LogP contribution in [0.4, 0.5) is 0 Å². The van der Waals surface area contributed by atoms with E-state index in [2.05, 4.69) is 0 Å². The number of carbonyl (C=O) groups is 1. The number of carbonyl (C=O) groups excluding carboxylic acids is 1. The number of aliphatic hydroxyl groups excluding tert-OH is 4. The first-order valence-electron chi connectivity index (χ1n) is 6.57. The van der Waals surface area contributed by atoms with Crippen LogP contribution in [0, 0.1) is 0 Å². The summed E-state index contributed by atoms with van der Waals surface area (Å²) >= 11 is 0. The van der Waals surface area contributed by atoms with Crippen LogP contribution in [0.3, 0.4) is 0 Å². The van der Waals surface area contributed by atoms with Crippen LogP contribution in [0.15, 0.2) is 0 Å². The average molecular weight is 278 g/mol. The topological polar surface area (TPSA) is 104 Å². The van der Waals surface area contributed by atoms with Crippen LogP contribution >= 0.6 is 0 Å². The molecule has 0 saturated carbocycles. The number of hydrogen-bond donors (Lipinski definition) is 4. The fraction of sp³-hybridized carbons (Fsp3) is 0.917. The van der Waals surface area contributed by atoms with E-state index in [0.29, 0.717) is 39.1 Å². The molecule has 0 amide bonds. The van der Waals surface area contributed by atoms with Crippen LogP contribution < -0.4 is 0 Å². The molecule has 0 spiro atoms. The molecule has 0 aliphatic rings. The predicted molar refractivity (Wildman–Crippen MR) is 70.8 cm³/mol. The molecule has 0 bridgehead atoms. The first-order chi connectivity index (χ1) is 9.17. The molecular formula is C12H26N2O5. The second-order valence-electron chi connectivity index (χ2n) is 4.30. The molecule has 7 heteroatoms. The smallest absolute Gasteiger partial charge is 0.148 e. The zero-order valence-corrected chi connectivity index (χ0v) is 11.4. The first-order valence-corrected chi connectivity index (χ1v) is 6.57. The summed E-state index contributed by atoms with van der Waals surface area (Å²) in [6.07, 6.45) is 0.327. The fourth-order valence-electron chi connectivity index (χ4n) is 1.78. The minimum Gasteiger partial charge on any atom is -0.395 e. The summed E-state index contributed by atoms with van der Waals surface area (Å²) in [6, 6.07) is 0. The lowest BCUT2D eigenvalue weighted by Crippen LogP contribution is -2.37. The van der Waals surface area contributed by atoms with Crippen LogP contribution in [0.2, 0.25) is 0 Å². The quantitative estimate of drug-likeness (QED) is 0.296. The van der Waals surface area contributed by atoms with E-state index in [1.165, 1.54) is 0 Å². The molecule has 114 valence electrons. The van der Waals surface area contributed by atoms with Gasteiger partial charge in [-0.25, -0.2) is 0 Å². The Balaban J connectivity index is 3.98. The van der Waals surface area contributed by atoms with Crippen LogP contribution in [-0.2, 0) is 4.79 Å². The normalized spacial score (nSPS) is 11.5. The summed E-state index contributed by atoms with van der Waals surface area (Å²) in [6.45, 7) is 2.19. The largest absolute Gasteiger partial charge is 0.395 e. The zero-order chi connectivity index (χ0) is 14.5. The van der Waals surface area contributed by atoms with Gasteiger partial charge < -0.3 is 20.4 Å². The number of aliphatic hydroxyl groups is 4. The molecule has 0 radical (unpaired) electrons. The number of hydrogen-bond acceptors (Lipinski definition) is 7. The highest BCUT2D eigenvalue weighted by Gasteiger charge is 2.12. The first kappa shape index (κ1) is 18.4. The van der Waals surface area contributed by atoms with Gasteiger partial charge >= 0.3 is 0 Å². The maximum atomic E-state index is 11.8. The van der Waals surface area contributed by atoms with E-state index in [9.17, 15) is 4.79 Å². The molecule has 0 fully saturated rings. The van der Waals surface area contributed by atoms with Gasteiger partial charge in [0.1, 0.15) is 5.78 Å². The van der Waals surface area contributed by atoms with E-state index in [1.54, 1.807) is 4.90 Å². The molecule has 4 N–H and O–H groups in total. The molecule has 7 nitrogen and oxygen atoms in total. The molecule has 0 aromatic heterocycles. The zero-order valence-electron chi connectivity index (χ0n) is 11.4. The van der Waals surface area contributed by atoms with E-state index in [0.717, 1.165) is 0 Å².